The average molecular weight is 498 g/mol. The van der Waals surface area contributed by atoms with Crippen molar-refractivity contribution >= 4 is 54.1 Å². The second-order valence-electron chi connectivity index (χ2n) is 10.6. The Kier molecular flexibility index (Phi) is 4.04. The highest BCUT2D eigenvalue weighted by Gasteiger charge is 2.25. The van der Waals surface area contributed by atoms with E-state index < -0.39 is 0 Å². The van der Waals surface area contributed by atoms with E-state index in [2.05, 4.69) is 121 Å². The number of nitrogens with zero attached hydrogens (tertiary/aromatic N) is 3. The summed E-state index contributed by atoms with van der Waals surface area (Å²) >= 11 is 0. The second-order valence-corrected chi connectivity index (χ2v) is 10.6. The van der Waals surface area contributed by atoms with E-state index in [0.29, 0.717) is 0 Å². The maximum atomic E-state index is 5.22. The van der Waals surface area contributed by atoms with Crippen LogP contribution in [-0.4, -0.2) is 14.5 Å². The molecule has 0 N–H and O–H groups in total. The maximum absolute atomic E-state index is 5.22. The van der Waals surface area contributed by atoms with Gasteiger partial charge in [0.1, 0.15) is 0 Å². The second kappa shape index (κ2) is 7.52. The minimum absolute atomic E-state index is 0.736. The summed E-state index contributed by atoms with van der Waals surface area (Å²) in [6, 6.07) is 39.5. The molecule has 3 nitrogen and oxygen atoms in total. The van der Waals surface area contributed by atoms with Crippen LogP contribution >= 0.6 is 0 Å². The van der Waals surface area contributed by atoms with Crippen LogP contribution in [0.25, 0.3) is 71.3 Å². The zero-order valence-electron chi connectivity index (χ0n) is 21.4. The fourth-order valence-corrected chi connectivity index (χ4v) is 6.81. The van der Waals surface area contributed by atoms with E-state index in [0.717, 1.165) is 34.8 Å². The van der Waals surface area contributed by atoms with Gasteiger partial charge in [0.15, 0.2) is 0 Å². The van der Waals surface area contributed by atoms with E-state index in [1.165, 1.54) is 59.8 Å². The summed E-state index contributed by atoms with van der Waals surface area (Å²) < 4.78 is 2.26. The van der Waals surface area contributed by atoms with Crippen LogP contribution in [0.4, 0.5) is 0 Å². The van der Waals surface area contributed by atoms with Crippen LogP contribution in [-0.2, 0) is 6.42 Å². The SMILES string of the molecule is Cc1nc(-n2c3ccccc3c3c4ccc5ccc6ccccc6c5c4ccc32)nc2c1Cc1ccccc1-2. The summed E-state index contributed by atoms with van der Waals surface area (Å²) in [7, 11) is 0. The largest absolute Gasteiger partial charge is 0.278 e. The molecule has 0 unspecified atom stereocenters. The molecule has 0 aliphatic heterocycles. The van der Waals surface area contributed by atoms with E-state index in [4.69, 9.17) is 9.97 Å². The number of benzene rings is 6. The van der Waals surface area contributed by atoms with Gasteiger partial charge in [0.2, 0.25) is 5.95 Å². The van der Waals surface area contributed by atoms with Gasteiger partial charge in [-0.15, -0.1) is 0 Å². The van der Waals surface area contributed by atoms with Crippen LogP contribution in [0.3, 0.4) is 0 Å². The lowest BCUT2D eigenvalue weighted by atomic mass is 9.94. The quantitative estimate of drug-likeness (QED) is 0.212. The Balaban J connectivity index is 1.41. The number of para-hydroxylation sites is 1. The Hall–Kier alpha value is -5.02. The van der Waals surface area contributed by atoms with Crippen LogP contribution < -0.4 is 0 Å². The molecule has 0 atom stereocenters. The smallest absolute Gasteiger partial charge is 0.235 e. The van der Waals surface area contributed by atoms with Gasteiger partial charge in [-0.2, -0.15) is 0 Å². The maximum Gasteiger partial charge on any atom is 0.235 e. The minimum Gasteiger partial charge on any atom is -0.278 e. The van der Waals surface area contributed by atoms with Gasteiger partial charge in [-0.3, -0.25) is 4.57 Å². The molecule has 8 aromatic rings. The molecule has 1 aliphatic rings. The summed E-state index contributed by atoms with van der Waals surface area (Å²) in [5.74, 6) is 0.736. The first-order valence-corrected chi connectivity index (χ1v) is 13.5. The fourth-order valence-electron chi connectivity index (χ4n) is 6.81. The van der Waals surface area contributed by atoms with E-state index >= 15 is 0 Å². The van der Waals surface area contributed by atoms with Crippen LogP contribution in [0.5, 0.6) is 0 Å². The van der Waals surface area contributed by atoms with Crippen molar-refractivity contribution in [2.75, 3.05) is 0 Å². The average Bonchev–Trinajstić information content (AvgIpc) is 3.53. The highest BCUT2D eigenvalue weighted by molar-refractivity contribution is 6.29. The van der Waals surface area contributed by atoms with Gasteiger partial charge in [-0.05, 0) is 56.9 Å². The van der Waals surface area contributed by atoms with Gasteiger partial charge in [0.25, 0.3) is 0 Å². The summed E-state index contributed by atoms with van der Waals surface area (Å²) in [5.41, 5.74) is 8.17. The molecule has 6 aromatic carbocycles. The molecule has 182 valence electrons. The van der Waals surface area contributed by atoms with Crippen molar-refractivity contribution < 1.29 is 0 Å². The highest BCUT2D eigenvalue weighted by Crippen LogP contribution is 2.41. The molecule has 9 rings (SSSR count). The molecule has 0 radical (unpaired) electrons. The lowest BCUT2D eigenvalue weighted by Crippen LogP contribution is -2.05. The van der Waals surface area contributed by atoms with Gasteiger partial charge in [-0.25, -0.2) is 9.97 Å². The van der Waals surface area contributed by atoms with E-state index in [1.807, 2.05) is 0 Å². The molecule has 3 heteroatoms. The molecular weight excluding hydrogens is 474 g/mol. The molecule has 2 heterocycles. The van der Waals surface area contributed by atoms with Crippen LogP contribution in [0.2, 0.25) is 0 Å². The number of hydrogen-bond donors (Lipinski definition) is 0. The first-order chi connectivity index (χ1) is 19.3. The number of fused-ring (bicyclic) bond motifs is 12. The van der Waals surface area contributed by atoms with Crippen LogP contribution in [0.15, 0.2) is 109 Å². The zero-order chi connectivity index (χ0) is 25.7. The summed E-state index contributed by atoms with van der Waals surface area (Å²) in [4.78, 5) is 10.3. The van der Waals surface area contributed by atoms with Gasteiger partial charge < -0.3 is 0 Å². The van der Waals surface area contributed by atoms with Crippen molar-refractivity contribution in [3.05, 3.63) is 126 Å². The van der Waals surface area contributed by atoms with Gasteiger partial charge in [0, 0.05) is 34.0 Å². The standard InChI is InChI=1S/C36H23N3/c1-21-30-20-24-9-3-5-11-26(24)35(30)38-36(37-21)39-31-13-7-6-12-29(31)34-28-17-16-23-15-14-22-8-2-4-10-25(22)33(23)27(28)18-19-32(34)39/h2-19H,20H2,1H3. The molecular formula is C36H23N3. The molecule has 0 saturated carbocycles. The highest BCUT2D eigenvalue weighted by atomic mass is 15.2. The Bertz CT molecular complexity index is 2320. The predicted octanol–water partition coefficient (Wildman–Crippen LogP) is 8.91. The normalized spacial score (nSPS) is 12.6. The van der Waals surface area contributed by atoms with Crippen molar-refractivity contribution in [3.8, 4) is 17.2 Å². The third-order valence-corrected chi connectivity index (χ3v) is 8.58. The first kappa shape index (κ1) is 21.0. The molecule has 0 spiro atoms. The van der Waals surface area contributed by atoms with Gasteiger partial charge in [0.05, 0.1) is 16.7 Å². The molecule has 1 aliphatic carbocycles. The van der Waals surface area contributed by atoms with E-state index in [-0.39, 0.29) is 0 Å². The Labute approximate surface area is 225 Å². The Morgan fingerprint density at radius 2 is 1.28 bits per heavy atom. The topological polar surface area (TPSA) is 30.7 Å². The number of aryl methyl sites for hydroxylation is 1. The van der Waals surface area contributed by atoms with Crippen LogP contribution in [0.1, 0.15) is 16.8 Å². The van der Waals surface area contributed by atoms with Crippen LogP contribution in [0, 0.1) is 6.92 Å². The lowest BCUT2D eigenvalue weighted by Gasteiger charge is -2.12. The fraction of sp³-hybridized carbons (Fsp3) is 0.0556. The Morgan fingerprint density at radius 1 is 0.564 bits per heavy atom. The molecule has 2 aromatic heterocycles. The Morgan fingerprint density at radius 3 is 2.23 bits per heavy atom. The number of aromatic nitrogens is 3. The van der Waals surface area contributed by atoms with Crippen molar-refractivity contribution in [1.29, 1.82) is 0 Å². The van der Waals surface area contributed by atoms with Gasteiger partial charge in [-0.1, -0.05) is 97.1 Å². The monoisotopic (exact) mass is 497 g/mol. The third-order valence-electron chi connectivity index (χ3n) is 8.58. The van der Waals surface area contributed by atoms with Gasteiger partial charge >= 0.3 is 0 Å². The molecule has 0 bridgehead atoms. The summed E-state index contributed by atoms with van der Waals surface area (Å²) in [5, 5.41) is 10.1. The van der Waals surface area contributed by atoms with Crippen molar-refractivity contribution in [3.63, 3.8) is 0 Å². The van der Waals surface area contributed by atoms with E-state index in [1.54, 1.807) is 0 Å². The van der Waals surface area contributed by atoms with Crippen molar-refractivity contribution in [1.82, 2.24) is 14.5 Å². The molecule has 0 amide bonds. The first-order valence-electron chi connectivity index (χ1n) is 13.5. The zero-order valence-corrected chi connectivity index (χ0v) is 21.4. The van der Waals surface area contributed by atoms with E-state index in [9.17, 15) is 0 Å². The van der Waals surface area contributed by atoms with Crippen molar-refractivity contribution in [2.45, 2.75) is 13.3 Å². The van der Waals surface area contributed by atoms with Crippen molar-refractivity contribution in [2.24, 2.45) is 0 Å². The number of rotatable bonds is 1. The summed E-state index contributed by atoms with van der Waals surface area (Å²) in [6.45, 7) is 2.12. The molecule has 0 fully saturated rings. The molecule has 39 heavy (non-hydrogen) atoms. The predicted molar refractivity (Wildman–Crippen MR) is 162 cm³/mol. The molecule has 0 saturated heterocycles. The lowest BCUT2D eigenvalue weighted by molar-refractivity contribution is 0.951. The third kappa shape index (κ3) is 2.77. The minimum atomic E-state index is 0.736. The summed E-state index contributed by atoms with van der Waals surface area (Å²) in [6.07, 6.45) is 0.899. The number of hydrogen-bond acceptors (Lipinski definition) is 2.